The summed E-state index contributed by atoms with van der Waals surface area (Å²) in [6.07, 6.45) is 0.172. The van der Waals surface area contributed by atoms with Gasteiger partial charge < -0.3 is 5.11 Å². The first-order chi connectivity index (χ1) is 11.7. The molecule has 1 N–H and O–H groups in total. The van der Waals surface area contributed by atoms with Crippen molar-refractivity contribution in [3.8, 4) is 0 Å². The monoisotopic (exact) mass is 338 g/mol. The second kappa shape index (κ2) is 6.34. The molecule has 1 aromatic heterocycles. The maximum absolute atomic E-state index is 11.2. The van der Waals surface area contributed by atoms with Gasteiger partial charge in [-0.05, 0) is 28.7 Å². The van der Waals surface area contributed by atoms with Gasteiger partial charge in [0.15, 0.2) is 0 Å². The molecule has 0 saturated carbocycles. The van der Waals surface area contributed by atoms with Crippen LogP contribution < -0.4 is 0 Å². The molecule has 0 amide bonds. The lowest BCUT2D eigenvalue weighted by molar-refractivity contribution is -0.137. The number of hydrogen-bond donors (Lipinski definition) is 1. The maximum atomic E-state index is 11.2. The molecule has 0 fully saturated rings. The molecule has 0 saturated heterocycles. The number of nitrogens with zero attached hydrogens (tertiary/aromatic N) is 2. The zero-order valence-corrected chi connectivity index (χ0v) is 14.0. The van der Waals surface area contributed by atoms with Crippen molar-refractivity contribution >= 4 is 27.6 Å². The minimum atomic E-state index is -0.740. The van der Waals surface area contributed by atoms with Crippen molar-refractivity contribution in [3.63, 3.8) is 0 Å². The predicted molar refractivity (Wildman–Crippen MR) is 95.2 cm³/mol. The van der Waals surface area contributed by atoms with Crippen molar-refractivity contribution in [2.75, 3.05) is 6.54 Å². The molecular weight excluding hydrogens is 320 g/mol. The summed E-state index contributed by atoms with van der Waals surface area (Å²) in [5, 5.41) is 10.5. The van der Waals surface area contributed by atoms with Crippen LogP contribution in [0.2, 0.25) is 0 Å². The van der Waals surface area contributed by atoms with Gasteiger partial charge in [0.25, 0.3) is 0 Å². The Balaban J connectivity index is 1.61. The summed E-state index contributed by atoms with van der Waals surface area (Å²) < 4.78 is 5.82. The van der Waals surface area contributed by atoms with Crippen molar-refractivity contribution in [1.29, 1.82) is 0 Å². The molecule has 4 nitrogen and oxygen atoms in total. The number of carbonyl (C=O) groups is 1. The highest BCUT2D eigenvalue weighted by Gasteiger charge is 2.27. The van der Waals surface area contributed by atoms with Crippen LogP contribution in [0.5, 0.6) is 0 Å². The van der Waals surface area contributed by atoms with E-state index in [1.54, 1.807) is 0 Å². The van der Waals surface area contributed by atoms with Crippen LogP contribution in [-0.2, 0) is 17.9 Å². The highest BCUT2D eigenvalue weighted by atomic mass is 32.1. The van der Waals surface area contributed by atoms with Gasteiger partial charge in [-0.2, -0.15) is 4.37 Å². The predicted octanol–water partition coefficient (Wildman–Crippen LogP) is 3.87. The quantitative estimate of drug-likeness (QED) is 0.784. The summed E-state index contributed by atoms with van der Waals surface area (Å²) in [7, 11) is 0. The van der Waals surface area contributed by atoms with E-state index in [2.05, 4.69) is 33.5 Å². The van der Waals surface area contributed by atoms with Gasteiger partial charge in [0.1, 0.15) is 0 Å². The molecule has 0 spiro atoms. The molecular formula is C19H18N2O2S. The van der Waals surface area contributed by atoms with Crippen molar-refractivity contribution in [3.05, 3.63) is 65.4 Å². The van der Waals surface area contributed by atoms with Crippen molar-refractivity contribution in [2.24, 2.45) is 0 Å². The molecule has 0 radical (unpaired) electrons. The molecule has 122 valence electrons. The molecule has 0 aliphatic carbocycles. The van der Waals surface area contributed by atoms with E-state index in [4.69, 9.17) is 0 Å². The second-order valence-corrected chi connectivity index (χ2v) is 7.09. The first-order valence-electron chi connectivity index (χ1n) is 8.06. The third-order valence-electron chi connectivity index (χ3n) is 4.61. The van der Waals surface area contributed by atoms with Gasteiger partial charge in [-0.3, -0.25) is 9.69 Å². The summed E-state index contributed by atoms with van der Waals surface area (Å²) in [4.78, 5) is 13.6. The summed E-state index contributed by atoms with van der Waals surface area (Å²) in [6.45, 7) is 2.36. The van der Waals surface area contributed by atoms with Crippen molar-refractivity contribution in [1.82, 2.24) is 9.27 Å². The first kappa shape index (κ1) is 15.3. The standard InChI is InChI=1S/C19H18N2O2S/c22-19(23)9-14-11-21(10-13-5-1-2-6-15(13)14)12-17-16-7-3-4-8-18(16)24-20-17/h1-8,14H,9-12H2,(H,22,23). The van der Waals surface area contributed by atoms with E-state index in [0.29, 0.717) is 0 Å². The molecule has 24 heavy (non-hydrogen) atoms. The number of carboxylic acid groups (broad SMARTS) is 1. The van der Waals surface area contributed by atoms with Gasteiger partial charge in [-0.1, -0.05) is 42.5 Å². The molecule has 1 atom stereocenters. The average molecular weight is 338 g/mol. The fourth-order valence-corrected chi connectivity index (χ4v) is 4.35. The third kappa shape index (κ3) is 2.92. The van der Waals surface area contributed by atoms with E-state index in [1.165, 1.54) is 32.7 Å². The van der Waals surface area contributed by atoms with Crippen LogP contribution in [0.25, 0.3) is 10.1 Å². The molecule has 4 rings (SSSR count). The normalized spacial score (nSPS) is 17.8. The topological polar surface area (TPSA) is 53.4 Å². The Hall–Kier alpha value is -2.24. The Kier molecular flexibility index (Phi) is 4.04. The van der Waals surface area contributed by atoms with Crippen LogP contribution in [0, 0.1) is 0 Å². The van der Waals surface area contributed by atoms with Crippen LogP contribution in [0.4, 0.5) is 0 Å². The number of rotatable bonds is 4. The zero-order valence-electron chi connectivity index (χ0n) is 13.2. The highest BCUT2D eigenvalue weighted by Crippen LogP contribution is 2.32. The fourth-order valence-electron chi connectivity index (χ4n) is 3.56. The summed E-state index contributed by atoms with van der Waals surface area (Å²) in [5.74, 6) is -0.701. The maximum Gasteiger partial charge on any atom is 0.304 e. The lowest BCUT2D eigenvalue weighted by Gasteiger charge is -2.33. The van der Waals surface area contributed by atoms with E-state index in [-0.39, 0.29) is 12.3 Å². The lowest BCUT2D eigenvalue weighted by atomic mass is 9.87. The van der Waals surface area contributed by atoms with Gasteiger partial charge in [0, 0.05) is 30.9 Å². The van der Waals surface area contributed by atoms with E-state index in [1.807, 2.05) is 24.3 Å². The SMILES string of the molecule is O=C(O)CC1CN(Cc2nsc3ccccc23)Cc2ccccc21. The van der Waals surface area contributed by atoms with E-state index >= 15 is 0 Å². The summed E-state index contributed by atoms with van der Waals surface area (Å²) in [6, 6.07) is 16.5. The van der Waals surface area contributed by atoms with Crippen LogP contribution in [0.15, 0.2) is 48.5 Å². The van der Waals surface area contributed by atoms with Crippen LogP contribution in [-0.4, -0.2) is 26.9 Å². The molecule has 0 bridgehead atoms. The molecule has 1 aliphatic rings. The summed E-state index contributed by atoms with van der Waals surface area (Å²) in [5.41, 5.74) is 3.50. The Morgan fingerprint density at radius 3 is 2.88 bits per heavy atom. The zero-order chi connectivity index (χ0) is 16.5. The number of aliphatic carboxylic acids is 1. The van der Waals surface area contributed by atoms with Crippen molar-refractivity contribution < 1.29 is 9.90 Å². The third-order valence-corrected chi connectivity index (χ3v) is 5.48. The van der Waals surface area contributed by atoms with E-state index in [9.17, 15) is 9.90 Å². The summed E-state index contributed by atoms with van der Waals surface area (Å²) >= 11 is 1.53. The number of hydrogen-bond acceptors (Lipinski definition) is 4. The fraction of sp³-hybridized carbons (Fsp3) is 0.263. The van der Waals surface area contributed by atoms with Crippen LogP contribution in [0.1, 0.15) is 29.2 Å². The molecule has 1 aliphatic heterocycles. The lowest BCUT2D eigenvalue weighted by Crippen LogP contribution is -2.34. The van der Waals surface area contributed by atoms with E-state index < -0.39 is 5.97 Å². The number of fused-ring (bicyclic) bond motifs is 2. The molecule has 3 aromatic rings. The largest absolute Gasteiger partial charge is 0.481 e. The molecule has 5 heteroatoms. The van der Waals surface area contributed by atoms with Crippen LogP contribution >= 0.6 is 11.5 Å². The Morgan fingerprint density at radius 1 is 1.21 bits per heavy atom. The average Bonchev–Trinajstić information content (AvgIpc) is 2.98. The first-order valence-corrected chi connectivity index (χ1v) is 8.83. The Labute approximate surface area is 144 Å². The minimum Gasteiger partial charge on any atom is -0.481 e. The van der Waals surface area contributed by atoms with Gasteiger partial charge >= 0.3 is 5.97 Å². The molecule has 1 unspecified atom stereocenters. The number of benzene rings is 2. The van der Waals surface area contributed by atoms with Crippen molar-refractivity contribution in [2.45, 2.75) is 25.4 Å². The van der Waals surface area contributed by atoms with Gasteiger partial charge in [0.05, 0.1) is 16.8 Å². The Bertz CT molecular complexity index is 890. The van der Waals surface area contributed by atoms with Gasteiger partial charge in [-0.15, -0.1) is 0 Å². The highest BCUT2D eigenvalue weighted by molar-refractivity contribution is 7.13. The smallest absolute Gasteiger partial charge is 0.304 e. The minimum absolute atomic E-state index is 0.0392. The molecule has 2 heterocycles. The van der Waals surface area contributed by atoms with Gasteiger partial charge in [0.2, 0.25) is 0 Å². The van der Waals surface area contributed by atoms with Gasteiger partial charge in [-0.25, -0.2) is 0 Å². The number of carboxylic acids is 1. The van der Waals surface area contributed by atoms with Crippen LogP contribution in [0.3, 0.4) is 0 Å². The van der Waals surface area contributed by atoms with E-state index in [0.717, 1.165) is 25.3 Å². The Morgan fingerprint density at radius 2 is 2.00 bits per heavy atom. The molecule has 2 aromatic carbocycles. The number of aromatic nitrogens is 1. The second-order valence-electron chi connectivity index (χ2n) is 6.29.